The van der Waals surface area contributed by atoms with Crippen LogP contribution in [0.2, 0.25) is 0 Å². The van der Waals surface area contributed by atoms with Gasteiger partial charge in [0.05, 0.1) is 22.7 Å². The summed E-state index contributed by atoms with van der Waals surface area (Å²) < 4.78 is 47.7. The van der Waals surface area contributed by atoms with Gasteiger partial charge in [-0.05, 0) is 69.5 Å². The molecule has 3 aromatic carbocycles. The normalized spacial score (nSPS) is 21.9. The molecule has 1 amide bonds. The predicted molar refractivity (Wildman–Crippen MR) is 147 cm³/mol. The number of sulfonamides is 1. The highest BCUT2D eigenvalue weighted by molar-refractivity contribution is 9.10. The molecule has 0 aromatic heterocycles. The molecule has 1 N–H and O–H groups in total. The fourth-order valence-corrected chi connectivity index (χ4v) is 6.69. The number of carbonyl (C=O) groups is 1. The first-order valence-corrected chi connectivity index (χ1v) is 14.8. The molecule has 2 heterocycles. The van der Waals surface area contributed by atoms with E-state index in [2.05, 4.69) is 27.6 Å². The van der Waals surface area contributed by atoms with E-state index in [1.165, 1.54) is 12.1 Å². The molecule has 3 aromatic rings. The largest absolute Gasteiger partial charge is 0.488 e. The van der Waals surface area contributed by atoms with Crippen LogP contribution in [0.1, 0.15) is 61.2 Å². The fourth-order valence-electron chi connectivity index (χ4n) is 5.13. The highest BCUT2D eigenvalue weighted by Gasteiger charge is 2.47. The fraction of sp³-hybridized carbons (Fsp3) is 0.345. The Morgan fingerprint density at radius 3 is 2.58 bits per heavy atom. The van der Waals surface area contributed by atoms with Gasteiger partial charge < -0.3 is 14.2 Å². The third kappa shape index (κ3) is 5.46. The van der Waals surface area contributed by atoms with Crippen molar-refractivity contribution in [2.24, 2.45) is 5.92 Å². The second-order valence-corrected chi connectivity index (χ2v) is 12.9. The summed E-state index contributed by atoms with van der Waals surface area (Å²) in [5, 5.41) is 0. The molecule has 3 atom stereocenters. The first-order chi connectivity index (χ1) is 18.0. The summed E-state index contributed by atoms with van der Waals surface area (Å²) in [4.78, 5) is 13.4. The van der Waals surface area contributed by atoms with E-state index in [1.54, 1.807) is 24.3 Å². The minimum Gasteiger partial charge on any atom is -0.488 e. The van der Waals surface area contributed by atoms with Crippen LogP contribution in [-0.4, -0.2) is 26.0 Å². The van der Waals surface area contributed by atoms with Crippen LogP contribution in [0.15, 0.2) is 76.1 Å². The maximum Gasteiger partial charge on any atom is 0.268 e. The molecule has 200 valence electrons. The average molecular weight is 601 g/mol. The number of hydrogen-bond donors (Lipinski definition) is 1. The summed E-state index contributed by atoms with van der Waals surface area (Å²) in [6.45, 7) is 6.30. The number of fused-ring (bicyclic) bond motifs is 3. The zero-order chi connectivity index (χ0) is 27.1. The van der Waals surface area contributed by atoms with E-state index in [4.69, 9.17) is 14.2 Å². The number of nitrogens with one attached hydrogen (secondary N) is 1. The summed E-state index contributed by atoms with van der Waals surface area (Å²) in [6.07, 6.45) is 1.75. The highest BCUT2D eigenvalue weighted by atomic mass is 79.9. The van der Waals surface area contributed by atoms with Gasteiger partial charge in [-0.15, -0.1) is 0 Å². The lowest BCUT2D eigenvalue weighted by Crippen LogP contribution is -2.48. The number of rotatable bonds is 6. The van der Waals surface area contributed by atoms with Crippen molar-refractivity contribution in [1.29, 1.82) is 0 Å². The van der Waals surface area contributed by atoms with E-state index >= 15 is 0 Å². The number of amides is 1. The van der Waals surface area contributed by atoms with Crippen molar-refractivity contribution in [1.82, 2.24) is 4.72 Å². The molecule has 2 aliphatic heterocycles. The molecule has 1 fully saturated rings. The minimum absolute atomic E-state index is 0.0326. The lowest BCUT2D eigenvalue weighted by molar-refractivity contribution is -0.144. The molecule has 9 heteroatoms. The molecule has 0 spiro atoms. The number of ether oxygens (including phenoxy) is 3. The minimum atomic E-state index is -4.14. The zero-order valence-electron chi connectivity index (χ0n) is 21.4. The smallest absolute Gasteiger partial charge is 0.268 e. The molecule has 0 aliphatic carbocycles. The summed E-state index contributed by atoms with van der Waals surface area (Å²) in [5.74, 6) is 0.0721. The van der Waals surface area contributed by atoms with Gasteiger partial charge in [-0.25, -0.2) is 13.1 Å². The van der Waals surface area contributed by atoms with Gasteiger partial charge in [0.15, 0.2) is 0 Å². The molecule has 38 heavy (non-hydrogen) atoms. The average Bonchev–Trinajstić information content (AvgIpc) is 2.87. The van der Waals surface area contributed by atoms with Crippen LogP contribution in [-0.2, 0) is 21.4 Å². The van der Waals surface area contributed by atoms with Gasteiger partial charge in [0, 0.05) is 16.0 Å². The first-order valence-electron chi connectivity index (χ1n) is 12.6. The summed E-state index contributed by atoms with van der Waals surface area (Å²) in [6, 6.07) is 19.1. The van der Waals surface area contributed by atoms with Crippen molar-refractivity contribution in [3.63, 3.8) is 0 Å². The SMILES string of the molecule is C[C@H]1CC[C@H]2[C@H](O1)c1cc(OCc3ccccc3)c(C(=O)NS(=O)(=O)c3cccc(Br)c3)cc1OC2(C)C. The lowest BCUT2D eigenvalue weighted by atomic mass is 9.75. The van der Waals surface area contributed by atoms with E-state index in [-0.39, 0.29) is 40.9 Å². The van der Waals surface area contributed by atoms with Gasteiger partial charge in [-0.2, -0.15) is 0 Å². The second-order valence-electron chi connectivity index (χ2n) is 10.3. The van der Waals surface area contributed by atoms with Crippen LogP contribution in [0, 0.1) is 5.92 Å². The van der Waals surface area contributed by atoms with E-state index in [0.717, 1.165) is 24.0 Å². The van der Waals surface area contributed by atoms with Gasteiger partial charge in [0.2, 0.25) is 0 Å². The molecular weight excluding hydrogens is 570 g/mol. The molecule has 0 unspecified atom stereocenters. The zero-order valence-corrected chi connectivity index (χ0v) is 23.8. The number of halogens is 1. The summed E-state index contributed by atoms with van der Waals surface area (Å²) in [7, 11) is -4.14. The Labute approximate surface area is 231 Å². The first kappa shape index (κ1) is 26.7. The Bertz CT molecular complexity index is 1460. The van der Waals surface area contributed by atoms with Crippen molar-refractivity contribution >= 4 is 31.9 Å². The van der Waals surface area contributed by atoms with Gasteiger partial charge >= 0.3 is 0 Å². The van der Waals surface area contributed by atoms with Crippen LogP contribution >= 0.6 is 15.9 Å². The Balaban J connectivity index is 1.54. The van der Waals surface area contributed by atoms with Gasteiger partial charge in [-0.3, -0.25) is 4.79 Å². The Hall–Kier alpha value is -2.88. The van der Waals surface area contributed by atoms with Gasteiger partial charge in [0.1, 0.15) is 23.7 Å². The molecule has 1 saturated heterocycles. The monoisotopic (exact) mass is 599 g/mol. The van der Waals surface area contributed by atoms with Crippen molar-refractivity contribution in [3.8, 4) is 11.5 Å². The van der Waals surface area contributed by atoms with Crippen molar-refractivity contribution in [2.45, 2.75) is 62.9 Å². The quantitative estimate of drug-likeness (QED) is 0.364. The molecule has 0 saturated carbocycles. The third-order valence-electron chi connectivity index (χ3n) is 7.13. The van der Waals surface area contributed by atoms with E-state index in [9.17, 15) is 13.2 Å². The maximum atomic E-state index is 13.5. The predicted octanol–water partition coefficient (Wildman–Crippen LogP) is 6.17. The standard InChI is InChI=1S/C29H30BrNO6S/c1-18-12-13-24-27(36-18)22-15-25(35-17-19-8-5-4-6-9-19)23(16-26(22)37-29(24,2)3)28(32)31-38(33,34)21-11-7-10-20(30)14-21/h4-11,14-16,18,24,27H,12-13,17H2,1-3H3,(H,31,32)/t18-,24-,27+/m0/s1. The third-order valence-corrected chi connectivity index (χ3v) is 8.95. The molecular formula is C29H30BrNO6S. The van der Waals surface area contributed by atoms with Crippen LogP contribution < -0.4 is 14.2 Å². The molecule has 5 rings (SSSR count). The van der Waals surface area contributed by atoms with Crippen LogP contribution in [0.5, 0.6) is 11.5 Å². The van der Waals surface area contributed by atoms with Crippen molar-refractivity contribution in [3.05, 3.63) is 87.9 Å². The summed E-state index contributed by atoms with van der Waals surface area (Å²) in [5.41, 5.74) is 1.25. The lowest BCUT2D eigenvalue weighted by Gasteiger charge is -2.48. The Morgan fingerprint density at radius 2 is 1.84 bits per heavy atom. The van der Waals surface area contributed by atoms with Crippen LogP contribution in [0.4, 0.5) is 0 Å². The van der Waals surface area contributed by atoms with E-state index < -0.39 is 21.5 Å². The summed E-state index contributed by atoms with van der Waals surface area (Å²) >= 11 is 3.28. The van der Waals surface area contributed by atoms with Crippen LogP contribution in [0.25, 0.3) is 0 Å². The number of benzene rings is 3. The molecule has 0 radical (unpaired) electrons. The molecule has 0 bridgehead atoms. The van der Waals surface area contributed by atoms with E-state index in [0.29, 0.717) is 10.2 Å². The highest BCUT2D eigenvalue weighted by Crippen LogP contribution is 2.52. The Kier molecular flexibility index (Phi) is 7.28. The maximum absolute atomic E-state index is 13.5. The second kappa shape index (κ2) is 10.4. The van der Waals surface area contributed by atoms with Gasteiger partial charge in [-0.1, -0.05) is 52.3 Å². The molecule has 7 nitrogen and oxygen atoms in total. The number of hydrogen-bond acceptors (Lipinski definition) is 6. The Morgan fingerprint density at radius 1 is 1.08 bits per heavy atom. The van der Waals surface area contributed by atoms with Gasteiger partial charge in [0.25, 0.3) is 15.9 Å². The van der Waals surface area contributed by atoms with Crippen LogP contribution in [0.3, 0.4) is 0 Å². The topological polar surface area (TPSA) is 90.9 Å². The van der Waals surface area contributed by atoms with E-state index in [1.807, 2.05) is 44.2 Å². The van der Waals surface area contributed by atoms with Crippen molar-refractivity contribution < 1.29 is 27.4 Å². The molecule has 2 aliphatic rings. The number of carbonyl (C=O) groups excluding carboxylic acids is 1. The van der Waals surface area contributed by atoms with Crippen molar-refractivity contribution in [2.75, 3.05) is 0 Å².